The van der Waals surface area contributed by atoms with E-state index in [0.29, 0.717) is 44.5 Å². The summed E-state index contributed by atoms with van der Waals surface area (Å²) < 4.78 is 16.1. The number of hydrogen-bond acceptors (Lipinski definition) is 7. The summed E-state index contributed by atoms with van der Waals surface area (Å²) in [5.74, 6) is -1.37. The lowest BCUT2D eigenvalue weighted by atomic mass is 9.86. The highest BCUT2D eigenvalue weighted by Crippen LogP contribution is 2.36. The van der Waals surface area contributed by atoms with Gasteiger partial charge in [-0.25, -0.2) is 14.4 Å². The normalized spacial score (nSPS) is 19.2. The monoisotopic (exact) mass is 531 g/mol. The fraction of sp³-hybridized carbons (Fsp3) is 0.643. The van der Waals surface area contributed by atoms with Crippen LogP contribution in [0.25, 0.3) is 0 Å². The number of nitrogens with one attached hydrogen (secondary N) is 2. The Morgan fingerprint density at radius 2 is 1.71 bits per heavy atom. The Morgan fingerprint density at radius 3 is 2.29 bits per heavy atom. The summed E-state index contributed by atoms with van der Waals surface area (Å²) in [6, 6.07) is 6.72. The van der Waals surface area contributed by atoms with Crippen molar-refractivity contribution < 1.29 is 33.4 Å². The first kappa shape index (κ1) is 29.3. The molecular formula is C28H41N3O7. The average molecular weight is 532 g/mol. The Morgan fingerprint density at radius 1 is 1.05 bits per heavy atom. The first-order valence-electron chi connectivity index (χ1n) is 13.1. The molecule has 0 bridgehead atoms. The second-order valence-electron chi connectivity index (χ2n) is 12.2. The van der Waals surface area contributed by atoms with E-state index in [4.69, 9.17) is 14.2 Å². The number of likely N-dealkylation sites (tertiary alicyclic amines) is 1. The van der Waals surface area contributed by atoms with Crippen LogP contribution in [-0.4, -0.2) is 65.9 Å². The molecule has 10 heteroatoms. The van der Waals surface area contributed by atoms with Crippen LogP contribution in [-0.2, 0) is 30.2 Å². The molecule has 0 radical (unpaired) electrons. The Labute approximate surface area is 224 Å². The number of carbonyl (C=O) groups excluding carboxylic acids is 4. The number of carbonyl (C=O) groups is 4. The lowest BCUT2D eigenvalue weighted by Crippen LogP contribution is -2.45. The van der Waals surface area contributed by atoms with E-state index in [1.165, 1.54) is 7.11 Å². The van der Waals surface area contributed by atoms with Crippen molar-refractivity contribution in [2.24, 2.45) is 11.8 Å². The number of methoxy groups -OCH3 is 1. The quantitative estimate of drug-likeness (QED) is 0.398. The van der Waals surface area contributed by atoms with Gasteiger partial charge < -0.3 is 29.7 Å². The molecule has 1 saturated carbocycles. The smallest absolute Gasteiger partial charge is 0.410 e. The molecule has 3 rings (SSSR count). The average Bonchev–Trinajstić information content (AvgIpc) is 3.39. The van der Waals surface area contributed by atoms with Crippen molar-refractivity contribution in [2.45, 2.75) is 84.0 Å². The first-order chi connectivity index (χ1) is 17.6. The number of anilines is 1. The maximum atomic E-state index is 13.3. The molecule has 0 unspecified atom stereocenters. The molecule has 2 atom stereocenters. The zero-order valence-electron chi connectivity index (χ0n) is 23.5. The summed E-state index contributed by atoms with van der Waals surface area (Å²) in [5.41, 5.74) is -0.844. The number of nitrogens with zero attached hydrogens (tertiary/aromatic N) is 1. The van der Waals surface area contributed by atoms with Crippen LogP contribution in [0.15, 0.2) is 24.3 Å². The number of ether oxygens (including phenoxy) is 3. The van der Waals surface area contributed by atoms with Gasteiger partial charge in [0.05, 0.1) is 13.0 Å². The molecule has 1 aliphatic carbocycles. The summed E-state index contributed by atoms with van der Waals surface area (Å²) in [7, 11) is 1.30. The summed E-state index contributed by atoms with van der Waals surface area (Å²) in [6.45, 7) is 11.8. The topological polar surface area (TPSA) is 123 Å². The standard InChI is InChI=1S/C28H41N3O7/c1-26(2,3)37-22(32)21(19-11-14-31(17-19)25(35)38-27(4,5)6)16-18-9-8-10-20(15-18)29-24(34)30-28(12-13-28)23(33)36-7/h8-10,15,19,21H,11-14,16-17H2,1-7H3,(H2,29,30,34)/t19-,21-/m0/s1. The van der Waals surface area contributed by atoms with Crippen molar-refractivity contribution in [2.75, 3.05) is 25.5 Å². The zero-order chi connectivity index (χ0) is 28.3. The second-order valence-corrected chi connectivity index (χ2v) is 12.2. The van der Waals surface area contributed by atoms with Gasteiger partial charge in [0.15, 0.2) is 0 Å². The lowest BCUT2D eigenvalue weighted by Gasteiger charge is -2.28. The predicted molar refractivity (Wildman–Crippen MR) is 142 cm³/mol. The molecule has 1 heterocycles. The lowest BCUT2D eigenvalue weighted by molar-refractivity contribution is -0.162. The van der Waals surface area contributed by atoms with Gasteiger partial charge in [-0.3, -0.25) is 4.79 Å². The first-order valence-corrected chi connectivity index (χ1v) is 13.1. The van der Waals surface area contributed by atoms with E-state index >= 15 is 0 Å². The summed E-state index contributed by atoms with van der Waals surface area (Å²) in [6.07, 6.45) is 1.71. The zero-order valence-corrected chi connectivity index (χ0v) is 23.5. The van der Waals surface area contributed by atoms with Crippen LogP contribution in [0.5, 0.6) is 0 Å². The molecule has 1 aromatic carbocycles. The van der Waals surface area contributed by atoms with E-state index < -0.39 is 34.7 Å². The van der Waals surface area contributed by atoms with Crippen LogP contribution >= 0.6 is 0 Å². The highest BCUT2D eigenvalue weighted by Gasteiger charge is 2.52. The molecule has 0 aromatic heterocycles. The molecule has 10 nitrogen and oxygen atoms in total. The van der Waals surface area contributed by atoms with Crippen molar-refractivity contribution >= 4 is 29.8 Å². The highest BCUT2D eigenvalue weighted by molar-refractivity contribution is 5.95. The number of hydrogen-bond donors (Lipinski definition) is 2. The molecule has 3 amide bonds. The molecular weight excluding hydrogens is 490 g/mol. The van der Waals surface area contributed by atoms with E-state index in [1.807, 2.05) is 47.6 Å². The van der Waals surface area contributed by atoms with E-state index in [9.17, 15) is 19.2 Å². The van der Waals surface area contributed by atoms with Crippen LogP contribution in [0.4, 0.5) is 15.3 Å². The van der Waals surface area contributed by atoms with Crippen LogP contribution < -0.4 is 10.6 Å². The second kappa shape index (κ2) is 11.2. The van der Waals surface area contributed by atoms with E-state index in [-0.39, 0.29) is 18.0 Å². The van der Waals surface area contributed by atoms with Crippen molar-refractivity contribution in [3.8, 4) is 0 Å². The maximum absolute atomic E-state index is 13.3. The largest absolute Gasteiger partial charge is 0.467 e. The van der Waals surface area contributed by atoms with Crippen molar-refractivity contribution in [1.82, 2.24) is 10.2 Å². The maximum Gasteiger partial charge on any atom is 0.410 e. The minimum Gasteiger partial charge on any atom is -0.467 e. The third-order valence-corrected chi connectivity index (χ3v) is 6.47. The van der Waals surface area contributed by atoms with Crippen molar-refractivity contribution in [3.05, 3.63) is 29.8 Å². The third kappa shape index (κ3) is 8.10. The van der Waals surface area contributed by atoms with Gasteiger partial charge in [0.25, 0.3) is 0 Å². The molecule has 0 spiro atoms. The van der Waals surface area contributed by atoms with E-state index in [0.717, 1.165) is 5.56 Å². The van der Waals surface area contributed by atoms with Crippen LogP contribution in [0.1, 0.15) is 66.4 Å². The summed E-state index contributed by atoms with van der Waals surface area (Å²) in [4.78, 5) is 52.0. The Kier molecular flexibility index (Phi) is 8.63. The molecule has 2 fully saturated rings. The Balaban J connectivity index is 1.71. The number of urea groups is 1. The highest BCUT2D eigenvalue weighted by atomic mass is 16.6. The van der Waals surface area contributed by atoms with Gasteiger partial charge in [0, 0.05) is 18.8 Å². The van der Waals surface area contributed by atoms with Gasteiger partial charge in [-0.2, -0.15) is 0 Å². The summed E-state index contributed by atoms with van der Waals surface area (Å²) in [5, 5.41) is 5.47. The van der Waals surface area contributed by atoms with Crippen molar-refractivity contribution in [3.63, 3.8) is 0 Å². The van der Waals surface area contributed by atoms with Crippen molar-refractivity contribution in [1.29, 1.82) is 0 Å². The molecule has 1 aliphatic heterocycles. The molecule has 210 valence electrons. The molecule has 2 aliphatic rings. The van der Waals surface area contributed by atoms with E-state index in [1.54, 1.807) is 23.1 Å². The van der Waals surface area contributed by atoms with Gasteiger partial charge in [0.1, 0.15) is 16.7 Å². The molecule has 1 aromatic rings. The van der Waals surface area contributed by atoms with Gasteiger partial charge in [0.2, 0.25) is 0 Å². The summed E-state index contributed by atoms with van der Waals surface area (Å²) >= 11 is 0. The minimum absolute atomic E-state index is 0.105. The van der Waals surface area contributed by atoms with Gasteiger partial charge in [-0.15, -0.1) is 0 Å². The van der Waals surface area contributed by atoms with Crippen LogP contribution in [0, 0.1) is 11.8 Å². The van der Waals surface area contributed by atoms with E-state index in [2.05, 4.69) is 10.6 Å². The fourth-order valence-corrected chi connectivity index (χ4v) is 4.54. The molecule has 2 N–H and O–H groups in total. The number of rotatable bonds is 7. The predicted octanol–water partition coefficient (Wildman–Crippen LogP) is 4.27. The molecule has 38 heavy (non-hydrogen) atoms. The van der Waals surface area contributed by atoms with Gasteiger partial charge in [-0.1, -0.05) is 12.1 Å². The van der Waals surface area contributed by atoms with Gasteiger partial charge >= 0.3 is 24.1 Å². The number of esters is 2. The SMILES string of the molecule is COC(=O)C1(NC(=O)Nc2cccc(C[C@H](C(=O)OC(C)(C)C)[C@H]3CCN(C(=O)OC(C)(C)C)C3)c2)CC1. The fourth-order valence-electron chi connectivity index (χ4n) is 4.54. The van der Waals surface area contributed by atoms with Gasteiger partial charge in [-0.05, 0) is 90.8 Å². The third-order valence-electron chi connectivity index (χ3n) is 6.47. The minimum atomic E-state index is -0.958. The Bertz CT molecular complexity index is 1050. The van der Waals surface area contributed by atoms with Crippen LogP contribution in [0.2, 0.25) is 0 Å². The van der Waals surface area contributed by atoms with Crippen LogP contribution in [0.3, 0.4) is 0 Å². The number of amides is 3. The number of benzene rings is 1. The Hall–Kier alpha value is -3.30. The molecule has 1 saturated heterocycles.